The van der Waals surface area contributed by atoms with Crippen molar-refractivity contribution in [2.45, 2.75) is 19.8 Å². The van der Waals surface area contributed by atoms with Crippen LogP contribution >= 0.6 is 11.8 Å². The van der Waals surface area contributed by atoms with E-state index >= 15 is 0 Å². The molecule has 0 fully saturated rings. The maximum atomic E-state index is 11.6. The molecule has 106 valence electrons. The number of benzene rings is 1. The van der Waals surface area contributed by atoms with Crippen molar-refractivity contribution in [1.82, 2.24) is 0 Å². The van der Waals surface area contributed by atoms with E-state index in [0.29, 0.717) is 17.9 Å². The summed E-state index contributed by atoms with van der Waals surface area (Å²) in [5.41, 5.74) is 7.87. The largest absolute Gasteiger partial charge is 0.462 e. The second-order valence-corrected chi connectivity index (χ2v) is 5.13. The summed E-state index contributed by atoms with van der Waals surface area (Å²) in [6.45, 7) is 3.03. The zero-order chi connectivity index (χ0) is 14.1. The number of carbonyl (C=O) groups excluding carboxylic acids is 1. The van der Waals surface area contributed by atoms with Gasteiger partial charge in [-0.05, 0) is 50.0 Å². The van der Waals surface area contributed by atoms with Crippen LogP contribution in [0.3, 0.4) is 0 Å². The Kier molecular flexibility index (Phi) is 7.18. The van der Waals surface area contributed by atoms with Gasteiger partial charge in [0.25, 0.3) is 0 Å². The van der Waals surface area contributed by atoms with Crippen LogP contribution in [0.1, 0.15) is 30.1 Å². The number of nitrogens with two attached hydrogens (primary N) is 1. The zero-order valence-corrected chi connectivity index (χ0v) is 12.4. The molecular weight excluding hydrogens is 260 g/mol. The molecule has 1 aromatic carbocycles. The fourth-order valence-electron chi connectivity index (χ4n) is 1.65. The first kappa shape index (κ1) is 15.7. The average molecular weight is 282 g/mol. The van der Waals surface area contributed by atoms with Crippen LogP contribution in [0.4, 0.5) is 11.4 Å². The monoisotopic (exact) mass is 282 g/mol. The number of rotatable bonds is 8. The molecule has 19 heavy (non-hydrogen) atoms. The molecule has 0 aliphatic heterocycles. The first-order chi connectivity index (χ1) is 9.19. The Morgan fingerprint density at radius 1 is 1.42 bits per heavy atom. The summed E-state index contributed by atoms with van der Waals surface area (Å²) in [4.78, 5) is 11.6. The molecule has 0 radical (unpaired) electrons. The van der Waals surface area contributed by atoms with Crippen molar-refractivity contribution in [3.05, 3.63) is 23.8 Å². The second kappa shape index (κ2) is 8.69. The number of hydrogen-bond donors (Lipinski definition) is 2. The first-order valence-electron chi connectivity index (χ1n) is 6.48. The lowest BCUT2D eigenvalue weighted by molar-refractivity contribution is 0.0526. The minimum Gasteiger partial charge on any atom is -0.462 e. The number of nitrogen functional groups attached to an aromatic ring is 1. The highest BCUT2D eigenvalue weighted by atomic mass is 32.2. The van der Waals surface area contributed by atoms with Gasteiger partial charge in [0.1, 0.15) is 0 Å². The molecular formula is C14H22N2O2S. The Labute approximate surface area is 119 Å². The fraction of sp³-hybridized carbons (Fsp3) is 0.500. The molecule has 0 saturated carbocycles. The number of esters is 1. The Morgan fingerprint density at radius 2 is 2.21 bits per heavy atom. The van der Waals surface area contributed by atoms with Crippen LogP contribution in [0.25, 0.3) is 0 Å². The predicted molar refractivity (Wildman–Crippen MR) is 82.9 cm³/mol. The SMILES string of the molecule is CCOC(=O)c1ccc(N)c(NCCCCSC)c1. The smallest absolute Gasteiger partial charge is 0.338 e. The standard InChI is InChI=1S/C14H22N2O2S/c1-3-18-14(17)11-6-7-12(15)13(10-11)16-8-4-5-9-19-2/h6-7,10,16H,3-5,8-9,15H2,1-2H3. The lowest BCUT2D eigenvalue weighted by Crippen LogP contribution is -2.08. The summed E-state index contributed by atoms with van der Waals surface area (Å²) in [5, 5.41) is 3.27. The van der Waals surface area contributed by atoms with Gasteiger partial charge in [-0.3, -0.25) is 0 Å². The molecule has 0 aliphatic carbocycles. The molecule has 0 bridgehead atoms. The minimum atomic E-state index is -0.312. The molecule has 1 aromatic rings. The van der Waals surface area contributed by atoms with Gasteiger partial charge in [-0.2, -0.15) is 11.8 Å². The van der Waals surface area contributed by atoms with Crippen LogP contribution in [-0.2, 0) is 4.74 Å². The van der Waals surface area contributed by atoms with E-state index in [9.17, 15) is 4.79 Å². The molecule has 0 aromatic heterocycles. The van der Waals surface area contributed by atoms with Crippen LogP contribution in [0.5, 0.6) is 0 Å². The van der Waals surface area contributed by atoms with Crippen molar-refractivity contribution < 1.29 is 9.53 Å². The van der Waals surface area contributed by atoms with E-state index in [-0.39, 0.29) is 5.97 Å². The maximum Gasteiger partial charge on any atom is 0.338 e. The van der Waals surface area contributed by atoms with Crippen LogP contribution in [-0.4, -0.2) is 31.1 Å². The summed E-state index contributed by atoms with van der Waals surface area (Å²) in [6, 6.07) is 5.17. The Balaban J connectivity index is 2.56. The van der Waals surface area contributed by atoms with Gasteiger partial charge in [-0.25, -0.2) is 4.79 Å². The van der Waals surface area contributed by atoms with Gasteiger partial charge in [0, 0.05) is 6.54 Å². The summed E-state index contributed by atoms with van der Waals surface area (Å²) >= 11 is 1.85. The second-order valence-electron chi connectivity index (χ2n) is 4.15. The van der Waals surface area contributed by atoms with Crippen LogP contribution < -0.4 is 11.1 Å². The molecule has 3 N–H and O–H groups in total. The quantitative estimate of drug-likeness (QED) is 0.436. The Hall–Kier alpha value is -1.36. The van der Waals surface area contributed by atoms with Crippen molar-refractivity contribution in [1.29, 1.82) is 0 Å². The van der Waals surface area contributed by atoms with Gasteiger partial charge in [-0.1, -0.05) is 0 Å². The molecule has 0 saturated heterocycles. The number of hydrogen-bond acceptors (Lipinski definition) is 5. The zero-order valence-electron chi connectivity index (χ0n) is 11.6. The van der Waals surface area contributed by atoms with Crippen LogP contribution in [0.15, 0.2) is 18.2 Å². The van der Waals surface area contributed by atoms with Crippen molar-refractivity contribution in [3.63, 3.8) is 0 Å². The summed E-state index contributed by atoms with van der Waals surface area (Å²) in [5.74, 6) is 0.855. The lowest BCUT2D eigenvalue weighted by Gasteiger charge is -2.11. The highest BCUT2D eigenvalue weighted by Gasteiger charge is 2.08. The van der Waals surface area contributed by atoms with Crippen molar-refractivity contribution >= 4 is 29.1 Å². The van der Waals surface area contributed by atoms with E-state index in [1.165, 1.54) is 12.2 Å². The maximum absolute atomic E-state index is 11.6. The third-order valence-electron chi connectivity index (χ3n) is 2.66. The number of nitrogens with one attached hydrogen (secondary N) is 1. The number of ether oxygens (including phenoxy) is 1. The van der Waals surface area contributed by atoms with E-state index in [0.717, 1.165) is 18.7 Å². The van der Waals surface area contributed by atoms with E-state index < -0.39 is 0 Å². The summed E-state index contributed by atoms with van der Waals surface area (Å²) in [6.07, 6.45) is 4.36. The molecule has 1 rings (SSSR count). The first-order valence-corrected chi connectivity index (χ1v) is 7.88. The van der Waals surface area contributed by atoms with E-state index in [2.05, 4.69) is 11.6 Å². The third-order valence-corrected chi connectivity index (χ3v) is 3.35. The Morgan fingerprint density at radius 3 is 2.89 bits per heavy atom. The van der Waals surface area contributed by atoms with Gasteiger partial charge in [-0.15, -0.1) is 0 Å². The highest BCUT2D eigenvalue weighted by Crippen LogP contribution is 2.20. The fourth-order valence-corrected chi connectivity index (χ4v) is 2.14. The predicted octanol–water partition coefficient (Wildman–Crippen LogP) is 3.00. The molecule has 0 atom stereocenters. The van der Waals surface area contributed by atoms with Crippen molar-refractivity contribution in [2.24, 2.45) is 0 Å². The summed E-state index contributed by atoms with van der Waals surface area (Å²) in [7, 11) is 0. The van der Waals surface area contributed by atoms with E-state index in [1.807, 2.05) is 11.8 Å². The molecule has 5 heteroatoms. The number of anilines is 2. The van der Waals surface area contributed by atoms with Crippen LogP contribution in [0.2, 0.25) is 0 Å². The van der Waals surface area contributed by atoms with E-state index in [1.54, 1.807) is 25.1 Å². The van der Waals surface area contributed by atoms with Gasteiger partial charge >= 0.3 is 5.97 Å². The molecule has 0 unspecified atom stereocenters. The topological polar surface area (TPSA) is 64.3 Å². The average Bonchev–Trinajstić information content (AvgIpc) is 2.40. The van der Waals surface area contributed by atoms with E-state index in [4.69, 9.17) is 10.5 Å². The highest BCUT2D eigenvalue weighted by molar-refractivity contribution is 7.98. The molecule has 0 spiro atoms. The number of carbonyl (C=O) groups is 1. The van der Waals surface area contributed by atoms with Gasteiger partial charge in [0.2, 0.25) is 0 Å². The third kappa shape index (κ3) is 5.42. The van der Waals surface area contributed by atoms with Crippen molar-refractivity contribution in [2.75, 3.05) is 36.2 Å². The minimum absolute atomic E-state index is 0.312. The van der Waals surface area contributed by atoms with Crippen LogP contribution in [0, 0.1) is 0 Å². The number of thioether (sulfide) groups is 1. The summed E-state index contributed by atoms with van der Waals surface area (Å²) < 4.78 is 4.97. The molecule has 0 aliphatic rings. The van der Waals surface area contributed by atoms with Gasteiger partial charge in [0.15, 0.2) is 0 Å². The van der Waals surface area contributed by atoms with Crippen molar-refractivity contribution in [3.8, 4) is 0 Å². The lowest BCUT2D eigenvalue weighted by atomic mass is 10.1. The number of unbranched alkanes of at least 4 members (excludes halogenated alkanes) is 1. The molecule has 4 nitrogen and oxygen atoms in total. The van der Waals surface area contributed by atoms with Gasteiger partial charge < -0.3 is 15.8 Å². The normalized spacial score (nSPS) is 10.2. The van der Waals surface area contributed by atoms with Gasteiger partial charge in [0.05, 0.1) is 23.5 Å². The molecule has 0 amide bonds. The molecule has 0 heterocycles. The Bertz CT molecular complexity index is 410.